The summed E-state index contributed by atoms with van der Waals surface area (Å²) in [6, 6.07) is 5.15. The Kier molecular flexibility index (Phi) is 7.20. The fraction of sp³-hybridized carbons (Fsp3) is 0.429. The number of methoxy groups -OCH3 is 1. The van der Waals surface area contributed by atoms with Crippen LogP contribution in [0.25, 0.3) is 0 Å². The Morgan fingerprint density at radius 3 is 2.62 bits per heavy atom. The number of carbonyl (C=O) groups is 2. The SMILES string of the molecule is COCCNC(=O)CCNC(=O)c1ccc(NN)c(C)c1. The molecule has 5 N–H and O–H groups in total. The Morgan fingerprint density at radius 1 is 1.24 bits per heavy atom. The van der Waals surface area contributed by atoms with Crippen LogP contribution in [0.3, 0.4) is 0 Å². The normalized spacial score (nSPS) is 10.0. The minimum absolute atomic E-state index is 0.119. The monoisotopic (exact) mass is 294 g/mol. The average molecular weight is 294 g/mol. The molecule has 0 heterocycles. The third kappa shape index (κ3) is 5.80. The van der Waals surface area contributed by atoms with Gasteiger partial charge in [-0.2, -0.15) is 0 Å². The molecule has 0 unspecified atom stereocenters. The van der Waals surface area contributed by atoms with Gasteiger partial charge in [-0.05, 0) is 30.7 Å². The average Bonchev–Trinajstić information content (AvgIpc) is 2.47. The second-order valence-corrected chi connectivity index (χ2v) is 4.52. The predicted molar refractivity (Wildman–Crippen MR) is 80.8 cm³/mol. The summed E-state index contributed by atoms with van der Waals surface area (Å²) >= 11 is 0. The third-order valence-electron chi connectivity index (χ3n) is 2.91. The first kappa shape index (κ1) is 16.9. The quantitative estimate of drug-likeness (QED) is 0.310. The van der Waals surface area contributed by atoms with Crippen LogP contribution in [0.2, 0.25) is 0 Å². The van der Waals surface area contributed by atoms with Crippen LogP contribution in [0, 0.1) is 6.92 Å². The number of hydrogen-bond acceptors (Lipinski definition) is 5. The number of nitrogens with two attached hydrogens (primary N) is 1. The highest BCUT2D eigenvalue weighted by Gasteiger charge is 2.08. The van der Waals surface area contributed by atoms with E-state index in [-0.39, 0.29) is 24.8 Å². The molecule has 7 heteroatoms. The number of nitrogens with one attached hydrogen (secondary N) is 3. The van der Waals surface area contributed by atoms with Gasteiger partial charge < -0.3 is 20.8 Å². The highest BCUT2D eigenvalue weighted by Crippen LogP contribution is 2.14. The van der Waals surface area contributed by atoms with Crippen molar-refractivity contribution in [3.63, 3.8) is 0 Å². The van der Waals surface area contributed by atoms with Crippen molar-refractivity contribution < 1.29 is 14.3 Å². The molecule has 0 bridgehead atoms. The smallest absolute Gasteiger partial charge is 0.251 e. The van der Waals surface area contributed by atoms with Gasteiger partial charge in [0.1, 0.15) is 0 Å². The molecule has 1 rings (SSSR count). The van der Waals surface area contributed by atoms with E-state index in [1.807, 2.05) is 6.92 Å². The number of aryl methyl sites for hydroxylation is 1. The van der Waals surface area contributed by atoms with E-state index in [9.17, 15) is 9.59 Å². The fourth-order valence-corrected chi connectivity index (χ4v) is 1.74. The largest absolute Gasteiger partial charge is 0.383 e. The van der Waals surface area contributed by atoms with E-state index in [0.717, 1.165) is 11.3 Å². The van der Waals surface area contributed by atoms with Gasteiger partial charge in [0.25, 0.3) is 5.91 Å². The van der Waals surface area contributed by atoms with Crippen molar-refractivity contribution in [2.24, 2.45) is 5.84 Å². The van der Waals surface area contributed by atoms with Gasteiger partial charge in [0.05, 0.1) is 12.3 Å². The highest BCUT2D eigenvalue weighted by molar-refractivity contribution is 5.95. The standard InChI is InChI=1S/C14H22N4O3/c1-10-9-11(3-4-12(10)18-15)14(20)17-6-5-13(19)16-7-8-21-2/h3-4,9,18H,5-8,15H2,1-2H3,(H,16,19)(H,17,20). The second kappa shape index (κ2) is 8.93. The number of nitrogen functional groups attached to an aromatic ring is 1. The summed E-state index contributed by atoms with van der Waals surface area (Å²) in [4.78, 5) is 23.4. The van der Waals surface area contributed by atoms with Gasteiger partial charge in [-0.15, -0.1) is 0 Å². The lowest BCUT2D eigenvalue weighted by Crippen LogP contribution is -2.32. The number of amides is 2. The lowest BCUT2D eigenvalue weighted by atomic mass is 10.1. The lowest BCUT2D eigenvalue weighted by Gasteiger charge is -2.09. The number of hydrazine groups is 1. The maximum Gasteiger partial charge on any atom is 0.251 e. The molecule has 0 aromatic heterocycles. The van der Waals surface area contributed by atoms with Crippen molar-refractivity contribution in [3.05, 3.63) is 29.3 Å². The van der Waals surface area contributed by atoms with Crippen LogP contribution in [0.1, 0.15) is 22.3 Å². The van der Waals surface area contributed by atoms with Gasteiger partial charge in [0, 0.05) is 32.2 Å². The van der Waals surface area contributed by atoms with Crippen molar-refractivity contribution in [2.45, 2.75) is 13.3 Å². The minimum Gasteiger partial charge on any atom is -0.383 e. The molecule has 0 atom stereocenters. The molecule has 1 aromatic rings. The van der Waals surface area contributed by atoms with Gasteiger partial charge in [-0.3, -0.25) is 15.4 Å². The van der Waals surface area contributed by atoms with Gasteiger partial charge in [0.2, 0.25) is 5.91 Å². The van der Waals surface area contributed by atoms with E-state index in [2.05, 4.69) is 16.1 Å². The van der Waals surface area contributed by atoms with Crippen LogP contribution >= 0.6 is 0 Å². The maximum atomic E-state index is 11.9. The summed E-state index contributed by atoms with van der Waals surface area (Å²) in [5, 5.41) is 5.39. The highest BCUT2D eigenvalue weighted by atomic mass is 16.5. The summed E-state index contributed by atoms with van der Waals surface area (Å²) in [7, 11) is 1.57. The zero-order valence-electron chi connectivity index (χ0n) is 12.4. The Hall–Kier alpha value is -2.12. The molecule has 7 nitrogen and oxygen atoms in total. The van der Waals surface area contributed by atoms with Crippen LogP contribution in [-0.2, 0) is 9.53 Å². The van der Waals surface area contributed by atoms with Crippen molar-refractivity contribution in [3.8, 4) is 0 Å². The fourth-order valence-electron chi connectivity index (χ4n) is 1.74. The Balaban J connectivity index is 2.37. The van der Waals surface area contributed by atoms with Crippen LogP contribution in [-0.4, -0.2) is 38.6 Å². The molecule has 0 aliphatic heterocycles. The Bertz CT molecular complexity index is 491. The topological polar surface area (TPSA) is 105 Å². The van der Waals surface area contributed by atoms with E-state index in [1.165, 1.54) is 0 Å². The first-order valence-electron chi connectivity index (χ1n) is 6.69. The number of carbonyl (C=O) groups excluding carboxylic acids is 2. The predicted octanol–water partition coefficient (Wildman–Crippen LogP) is 0.163. The van der Waals surface area contributed by atoms with Gasteiger partial charge in [-0.1, -0.05) is 0 Å². The molecule has 0 fully saturated rings. The van der Waals surface area contributed by atoms with Crippen molar-refractivity contribution in [2.75, 3.05) is 32.2 Å². The van der Waals surface area contributed by atoms with Gasteiger partial charge in [0.15, 0.2) is 0 Å². The van der Waals surface area contributed by atoms with E-state index < -0.39 is 0 Å². The van der Waals surface area contributed by atoms with Crippen molar-refractivity contribution in [1.82, 2.24) is 10.6 Å². The molecule has 0 spiro atoms. The summed E-state index contributed by atoms with van der Waals surface area (Å²) in [6.07, 6.45) is 0.233. The first-order valence-corrected chi connectivity index (χ1v) is 6.69. The molecule has 2 amide bonds. The van der Waals surface area contributed by atoms with Crippen LogP contribution in [0.5, 0.6) is 0 Å². The Labute approximate surface area is 124 Å². The molecule has 0 radical (unpaired) electrons. The molecule has 0 saturated heterocycles. The van der Waals surface area contributed by atoms with Crippen LogP contribution < -0.4 is 21.9 Å². The molecule has 1 aromatic carbocycles. The summed E-state index contributed by atoms with van der Waals surface area (Å²) in [5.74, 6) is 5.00. The number of hydrogen-bond donors (Lipinski definition) is 4. The number of rotatable bonds is 8. The molecule has 21 heavy (non-hydrogen) atoms. The van der Waals surface area contributed by atoms with E-state index >= 15 is 0 Å². The molecule has 0 aliphatic rings. The van der Waals surface area contributed by atoms with Crippen molar-refractivity contribution >= 4 is 17.5 Å². The molecule has 116 valence electrons. The first-order chi connectivity index (χ1) is 10.1. The molecule has 0 aliphatic carbocycles. The molecular formula is C14H22N4O3. The van der Waals surface area contributed by atoms with E-state index in [4.69, 9.17) is 10.6 Å². The molecule has 0 saturated carbocycles. The zero-order valence-corrected chi connectivity index (χ0v) is 12.4. The Morgan fingerprint density at radius 2 is 2.00 bits per heavy atom. The summed E-state index contributed by atoms with van der Waals surface area (Å²) in [6.45, 7) is 3.08. The van der Waals surface area contributed by atoms with Crippen molar-refractivity contribution in [1.29, 1.82) is 0 Å². The van der Waals surface area contributed by atoms with Crippen LogP contribution in [0.4, 0.5) is 5.69 Å². The minimum atomic E-state index is -0.216. The van der Waals surface area contributed by atoms with E-state index in [1.54, 1.807) is 25.3 Å². The lowest BCUT2D eigenvalue weighted by molar-refractivity contribution is -0.121. The zero-order chi connectivity index (χ0) is 15.7. The third-order valence-corrected chi connectivity index (χ3v) is 2.91. The second-order valence-electron chi connectivity index (χ2n) is 4.52. The van der Waals surface area contributed by atoms with Crippen LogP contribution in [0.15, 0.2) is 18.2 Å². The maximum absolute atomic E-state index is 11.9. The summed E-state index contributed by atoms with van der Waals surface area (Å²) < 4.78 is 4.82. The van der Waals surface area contributed by atoms with Gasteiger partial charge in [-0.25, -0.2) is 0 Å². The molecular weight excluding hydrogens is 272 g/mol. The number of anilines is 1. The number of benzene rings is 1. The summed E-state index contributed by atoms with van der Waals surface area (Å²) in [5.41, 5.74) is 4.73. The number of ether oxygens (including phenoxy) is 1. The van der Waals surface area contributed by atoms with Gasteiger partial charge >= 0.3 is 0 Å². The van der Waals surface area contributed by atoms with E-state index in [0.29, 0.717) is 18.7 Å².